The number of rotatable bonds is 6. The van der Waals surface area contributed by atoms with Crippen molar-refractivity contribution >= 4 is 26.1 Å². The average Bonchev–Trinajstić information content (AvgIpc) is 2.64. The van der Waals surface area contributed by atoms with Crippen molar-refractivity contribution in [2.75, 3.05) is 31.1 Å². The fourth-order valence-electron chi connectivity index (χ4n) is 3.59. The van der Waals surface area contributed by atoms with Crippen LogP contribution in [0.4, 0.5) is 5.69 Å². The highest BCUT2D eigenvalue weighted by molar-refractivity contribution is 8.30. The summed E-state index contributed by atoms with van der Waals surface area (Å²) in [6.07, 6.45) is 6.77. The summed E-state index contributed by atoms with van der Waals surface area (Å²) in [5.74, 6) is 0. The van der Waals surface area contributed by atoms with Gasteiger partial charge in [-0.05, 0) is 58.0 Å². The molecule has 1 aliphatic carbocycles. The first-order valence-electron chi connectivity index (χ1n) is 9.27. The van der Waals surface area contributed by atoms with E-state index >= 15 is 0 Å². The highest BCUT2D eigenvalue weighted by Crippen LogP contribution is 2.39. The maximum atomic E-state index is 6.99. The van der Waals surface area contributed by atoms with Gasteiger partial charge in [-0.2, -0.15) is 0 Å². The summed E-state index contributed by atoms with van der Waals surface area (Å²) >= 11 is 0. The maximum Gasteiger partial charge on any atom is 0.0852 e. The summed E-state index contributed by atoms with van der Waals surface area (Å²) < 4.78 is 1.19. The second kappa shape index (κ2) is 7.96. The van der Waals surface area contributed by atoms with Gasteiger partial charge in [-0.1, -0.05) is 26.5 Å². The van der Waals surface area contributed by atoms with Crippen molar-refractivity contribution in [3.05, 3.63) is 52.0 Å². The molecule has 5 heteroatoms. The lowest BCUT2D eigenvalue weighted by atomic mass is 10.1. The number of anilines is 1. The molecule has 3 rings (SSSR count). The molecule has 3 atom stereocenters. The Balaban J connectivity index is 2.07. The molecule has 0 fully saturated rings. The van der Waals surface area contributed by atoms with E-state index < -0.39 is 0 Å². The number of hydrogen-bond donors (Lipinski definition) is 0. The molecule has 0 bridgehead atoms. The van der Waals surface area contributed by atoms with Crippen LogP contribution in [0.25, 0.3) is 0 Å². The van der Waals surface area contributed by atoms with Crippen molar-refractivity contribution in [1.29, 1.82) is 0 Å². The average molecular weight is 378 g/mol. The van der Waals surface area contributed by atoms with Crippen molar-refractivity contribution in [2.45, 2.75) is 39.0 Å². The lowest BCUT2D eigenvalue weighted by Crippen LogP contribution is -2.31. The van der Waals surface area contributed by atoms with Gasteiger partial charge in [-0.15, -0.1) is 0 Å². The molecule has 3 unspecified atom stereocenters. The van der Waals surface area contributed by atoms with Crippen LogP contribution in [0.1, 0.15) is 27.7 Å². The number of nitrogens with zero attached hydrogens (tertiary/aromatic N) is 3. The monoisotopic (exact) mass is 377 g/mol. The molecule has 0 radical (unpaired) electrons. The van der Waals surface area contributed by atoms with E-state index in [2.05, 4.69) is 73.9 Å². The van der Waals surface area contributed by atoms with Crippen LogP contribution in [0.5, 0.6) is 0 Å². The Morgan fingerprint density at radius 2 is 1.72 bits per heavy atom. The van der Waals surface area contributed by atoms with Crippen molar-refractivity contribution < 1.29 is 0 Å². The van der Waals surface area contributed by atoms with Crippen LogP contribution in [0, 0.1) is 4.51 Å². The number of halogens is 1. The van der Waals surface area contributed by atoms with Gasteiger partial charge in [0, 0.05) is 42.1 Å². The molecule has 0 spiro atoms. The summed E-state index contributed by atoms with van der Waals surface area (Å²) in [5.41, 5.74) is 2.53. The quantitative estimate of drug-likeness (QED) is 0.685. The number of hydrogen-bond acceptors (Lipinski definition) is 3. The summed E-state index contributed by atoms with van der Waals surface area (Å²) in [4.78, 5) is 9.71. The molecule has 25 heavy (non-hydrogen) atoms. The third-order valence-corrected chi connectivity index (χ3v) is 7.83. The fourth-order valence-corrected chi connectivity index (χ4v) is 5.93. The molecule has 2 aliphatic rings. The van der Waals surface area contributed by atoms with Crippen molar-refractivity contribution in [1.82, 2.24) is 4.90 Å². The zero-order valence-electron chi connectivity index (χ0n) is 15.6. The van der Waals surface area contributed by atoms with E-state index in [1.165, 1.54) is 15.9 Å². The van der Waals surface area contributed by atoms with Crippen LogP contribution >= 0.6 is 20.4 Å². The number of likely N-dealkylation sites (N-methyl/N-ethyl adjacent to an activating group) is 1. The van der Waals surface area contributed by atoms with E-state index in [0.29, 0.717) is 0 Å². The zero-order valence-corrected chi connectivity index (χ0v) is 17.1. The van der Waals surface area contributed by atoms with Crippen molar-refractivity contribution in [2.24, 2.45) is 4.99 Å². The number of fused-ring (bicyclic) bond motifs is 2. The maximum absolute atomic E-state index is 6.99. The minimum Gasteiger partial charge on any atom is -0.372 e. The predicted octanol–water partition coefficient (Wildman–Crippen LogP) is 4.37. The van der Waals surface area contributed by atoms with Gasteiger partial charge in [0.15, 0.2) is 0 Å². The zero-order chi connectivity index (χ0) is 18.0. The standard InChI is InChI=1S/C20H28ClN3S/c1-5-23(6-2)15-9-11-17-19(13-15)25(21)20-14-16(24(7-3)8-4)10-12-18(20)22-17/h9-14,17,19H,5-8H2,1-4H3. The largest absolute Gasteiger partial charge is 0.372 e. The van der Waals surface area contributed by atoms with Gasteiger partial charge in [0.25, 0.3) is 0 Å². The molecule has 0 amide bonds. The van der Waals surface area contributed by atoms with E-state index in [0.717, 1.165) is 31.5 Å². The molecule has 3 nitrogen and oxygen atoms in total. The molecule has 0 N–H and O–H groups in total. The van der Waals surface area contributed by atoms with E-state index in [9.17, 15) is 0 Å². The van der Waals surface area contributed by atoms with E-state index in [1.807, 2.05) is 0 Å². The second-order valence-electron chi connectivity index (χ2n) is 6.32. The van der Waals surface area contributed by atoms with Crippen molar-refractivity contribution in [3.63, 3.8) is 0 Å². The first-order valence-corrected chi connectivity index (χ1v) is 11.4. The Hall–Kier alpha value is -1.26. The summed E-state index contributed by atoms with van der Waals surface area (Å²) in [7, 11) is 6.64. The molecule has 0 saturated heterocycles. The Morgan fingerprint density at radius 1 is 1.04 bits per heavy atom. The smallest absolute Gasteiger partial charge is 0.0852 e. The number of benzene rings is 1. The third kappa shape index (κ3) is 3.52. The van der Waals surface area contributed by atoms with Crippen LogP contribution in [-0.4, -0.2) is 42.4 Å². The summed E-state index contributed by atoms with van der Waals surface area (Å²) in [6, 6.07) is 6.72. The summed E-state index contributed by atoms with van der Waals surface area (Å²) in [6.45, 7) is 12.8. The molecule has 1 heterocycles. The number of allylic oxidation sites excluding steroid dienone is 1. The Bertz CT molecular complexity index is 807. The lowest BCUT2D eigenvalue weighted by molar-refractivity contribution is 0.391. The lowest BCUT2D eigenvalue weighted by Gasteiger charge is -2.31. The third-order valence-electron chi connectivity index (χ3n) is 5.07. The fraction of sp³-hybridized carbons (Fsp3) is 0.500. The molecular formula is C20H28ClN3S. The minimum atomic E-state index is -0.356. The Labute approximate surface area is 158 Å². The van der Waals surface area contributed by atoms with Crippen LogP contribution in [0.3, 0.4) is 0 Å². The first-order chi connectivity index (χ1) is 12.1. The molecule has 1 aromatic carbocycles. The molecular weight excluding hydrogens is 350 g/mol. The normalized spacial score (nSPS) is 24.0. The molecule has 0 saturated carbocycles. The van der Waals surface area contributed by atoms with E-state index in [1.54, 1.807) is 0 Å². The van der Waals surface area contributed by atoms with Gasteiger partial charge in [-0.25, -0.2) is 0 Å². The minimum absolute atomic E-state index is 0.159. The van der Waals surface area contributed by atoms with Crippen LogP contribution < -0.4 is 10.3 Å². The van der Waals surface area contributed by atoms with E-state index in [-0.39, 0.29) is 21.0 Å². The molecule has 1 aliphatic heterocycles. The van der Waals surface area contributed by atoms with Crippen LogP contribution in [0.15, 0.2) is 47.1 Å². The van der Waals surface area contributed by atoms with E-state index in [4.69, 9.17) is 15.7 Å². The topological polar surface area (TPSA) is 18.8 Å². The van der Waals surface area contributed by atoms with Gasteiger partial charge in [-0.3, -0.25) is 4.99 Å². The highest BCUT2D eigenvalue weighted by Gasteiger charge is 2.27. The SMILES string of the molecule is CCN(CC)C1=CC2C(C=C1)N=c1ccc(N(CC)CC)cc1=S2Cl. The van der Waals surface area contributed by atoms with Gasteiger partial charge < -0.3 is 9.80 Å². The van der Waals surface area contributed by atoms with Crippen LogP contribution in [0.2, 0.25) is 0 Å². The molecule has 0 aromatic heterocycles. The van der Waals surface area contributed by atoms with Gasteiger partial charge in [0.05, 0.1) is 16.6 Å². The molecule has 1 aromatic rings. The Morgan fingerprint density at radius 3 is 2.36 bits per heavy atom. The Kier molecular flexibility index (Phi) is 5.90. The predicted molar refractivity (Wildman–Crippen MR) is 111 cm³/mol. The van der Waals surface area contributed by atoms with Gasteiger partial charge >= 0.3 is 0 Å². The van der Waals surface area contributed by atoms with Crippen molar-refractivity contribution in [3.8, 4) is 0 Å². The second-order valence-corrected chi connectivity index (χ2v) is 8.87. The first kappa shape index (κ1) is 18.5. The molecule has 136 valence electrons. The van der Waals surface area contributed by atoms with Crippen LogP contribution in [-0.2, 0) is 0 Å². The van der Waals surface area contributed by atoms with Gasteiger partial charge in [0.1, 0.15) is 0 Å². The van der Waals surface area contributed by atoms with Gasteiger partial charge in [0.2, 0.25) is 0 Å². The summed E-state index contributed by atoms with van der Waals surface area (Å²) in [5, 5.41) is 1.31. The highest BCUT2D eigenvalue weighted by atomic mass is 35.7.